The standard InChI is InChI=1S/C21H18N6/c1-26-21(23-24-25-26)16-7-4-8-17(14-16)27-13-5-12-22-20-18-9-3-2-6-15(18)10-11-19(20)27/h2-11,13-14,22H,12H2,1H3. The summed E-state index contributed by atoms with van der Waals surface area (Å²) >= 11 is 0. The quantitative estimate of drug-likeness (QED) is 0.587. The summed E-state index contributed by atoms with van der Waals surface area (Å²) in [7, 11) is 1.85. The Morgan fingerprint density at radius 1 is 1.00 bits per heavy atom. The Labute approximate surface area is 156 Å². The van der Waals surface area contributed by atoms with Crippen LogP contribution in [0.4, 0.5) is 17.1 Å². The number of tetrazole rings is 1. The van der Waals surface area contributed by atoms with E-state index in [1.807, 2.05) is 19.2 Å². The molecule has 0 unspecified atom stereocenters. The van der Waals surface area contributed by atoms with Crippen molar-refractivity contribution >= 4 is 27.8 Å². The fourth-order valence-electron chi connectivity index (χ4n) is 3.54. The summed E-state index contributed by atoms with van der Waals surface area (Å²) in [6.07, 6.45) is 4.24. The van der Waals surface area contributed by atoms with Gasteiger partial charge in [-0.3, -0.25) is 0 Å². The maximum absolute atomic E-state index is 4.13. The predicted octanol–water partition coefficient (Wildman–Crippen LogP) is 4.11. The van der Waals surface area contributed by atoms with Crippen LogP contribution in [-0.2, 0) is 7.05 Å². The highest BCUT2D eigenvalue weighted by molar-refractivity contribution is 6.02. The number of nitrogens with one attached hydrogen (secondary N) is 1. The minimum Gasteiger partial charge on any atom is -0.379 e. The summed E-state index contributed by atoms with van der Waals surface area (Å²) in [5.74, 6) is 0.743. The molecule has 5 rings (SSSR count). The van der Waals surface area contributed by atoms with Gasteiger partial charge in [-0.15, -0.1) is 5.10 Å². The van der Waals surface area contributed by atoms with Crippen molar-refractivity contribution in [2.75, 3.05) is 16.8 Å². The third-order valence-corrected chi connectivity index (χ3v) is 4.82. The first-order valence-electron chi connectivity index (χ1n) is 8.85. The number of anilines is 3. The van der Waals surface area contributed by atoms with Crippen molar-refractivity contribution in [3.8, 4) is 11.4 Å². The molecule has 27 heavy (non-hydrogen) atoms. The average Bonchev–Trinajstić information content (AvgIpc) is 3.02. The van der Waals surface area contributed by atoms with E-state index >= 15 is 0 Å². The predicted molar refractivity (Wildman–Crippen MR) is 108 cm³/mol. The summed E-state index contributed by atoms with van der Waals surface area (Å²) in [6.45, 7) is 0.782. The van der Waals surface area contributed by atoms with E-state index in [1.165, 1.54) is 10.8 Å². The molecule has 0 amide bonds. The lowest BCUT2D eigenvalue weighted by atomic mass is 10.1. The molecule has 2 heterocycles. The Bertz CT molecular complexity index is 1160. The molecule has 4 aromatic rings. The molecule has 6 nitrogen and oxygen atoms in total. The Balaban J connectivity index is 1.66. The molecule has 1 aromatic heterocycles. The number of rotatable bonds is 2. The Morgan fingerprint density at radius 2 is 1.93 bits per heavy atom. The Hall–Kier alpha value is -3.67. The lowest BCUT2D eigenvalue weighted by Gasteiger charge is -2.23. The van der Waals surface area contributed by atoms with Crippen LogP contribution in [0.1, 0.15) is 0 Å². The van der Waals surface area contributed by atoms with Crippen molar-refractivity contribution < 1.29 is 0 Å². The van der Waals surface area contributed by atoms with Crippen LogP contribution in [0.5, 0.6) is 0 Å². The second kappa shape index (κ2) is 6.25. The number of benzene rings is 3. The Morgan fingerprint density at radius 3 is 2.81 bits per heavy atom. The van der Waals surface area contributed by atoms with Crippen LogP contribution in [0.15, 0.2) is 72.9 Å². The zero-order valence-electron chi connectivity index (χ0n) is 14.9. The summed E-state index contributed by atoms with van der Waals surface area (Å²) in [5, 5.41) is 17.8. The third kappa shape index (κ3) is 2.62. The highest BCUT2D eigenvalue weighted by Crippen LogP contribution is 2.39. The van der Waals surface area contributed by atoms with Crippen LogP contribution in [-0.4, -0.2) is 26.8 Å². The first kappa shape index (κ1) is 15.6. The highest BCUT2D eigenvalue weighted by atomic mass is 15.5. The molecule has 1 aliphatic rings. The van der Waals surface area contributed by atoms with Crippen molar-refractivity contribution in [1.29, 1.82) is 0 Å². The van der Waals surface area contributed by atoms with Gasteiger partial charge in [-0.05, 0) is 40.1 Å². The molecule has 0 fully saturated rings. The van der Waals surface area contributed by atoms with Gasteiger partial charge in [0.05, 0.1) is 11.4 Å². The second-order valence-corrected chi connectivity index (χ2v) is 6.49. The normalized spacial score (nSPS) is 13.3. The van der Waals surface area contributed by atoms with Gasteiger partial charge in [0.1, 0.15) is 0 Å². The number of aromatic nitrogens is 4. The van der Waals surface area contributed by atoms with E-state index < -0.39 is 0 Å². The van der Waals surface area contributed by atoms with E-state index in [0.29, 0.717) is 0 Å². The number of aryl methyl sites for hydroxylation is 1. The van der Waals surface area contributed by atoms with Gasteiger partial charge < -0.3 is 10.2 Å². The minimum atomic E-state index is 0.743. The van der Waals surface area contributed by atoms with Gasteiger partial charge in [-0.2, -0.15) is 0 Å². The van der Waals surface area contributed by atoms with Gasteiger partial charge in [0.2, 0.25) is 0 Å². The van der Waals surface area contributed by atoms with E-state index in [0.717, 1.165) is 35.0 Å². The van der Waals surface area contributed by atoms with Gasteiger partial charge in [0.25, 0.3) is 0 Å². The van der Waals surface area contributed by atoms with Crippen LogP contribution in [0.2, 0.25) is 0 Å². The largest absolute Gasteiger partial charge is 0.379 e. The molecular weight excluding hydrogens is 336 g/mol. The fraction of sp³-hybridized carbons (Fsp3) is 0.0952. The van der Waals surface area contributed by atoms with Gasteiger partial charge in [0, 0.05) is 36.4 Å². The summed E-state index contributed by atoms with van der Waals surface area (Å²) in [5.41, 5.74) is 4.31. The molecule has 1 aliphatic heterocycles. The van der Waals surface area contributed by atoms with Crippen LogP contribution in [0.3, 0.4) is 0 Å². The van der Waals surface area contributed by atoms with Gasteiger partial charge >= 0.3 is 0 Å². The third-order valence-electron chi connectivity index (χ3n) is 4.82. The van der Waals surface area contributed by atoms with Crippen molar-refractivity contribution in [1.82, 2.24) is 20.2 Å². The molecule has 0 saturated carbocycles. The van der Waals surface area contributed by atoms with E-state index in [4.69, 9.17) is 0 Å². The molecule has 0 atom stereocenters. The smallest absolute Gasteiger partial charge is 0.181 e. The molecule has 1 N–H and O–H groups in total. The number of hydrogen-bond acceptors (Lipinski definition) is 5. The fourth-order valence-corrected chi connectivity index (χ4v) is 3.54. The monoisotopic (exact) mass is 354 g/mol. The number of hydrogen-bond donors (Lipinski definition) is 1. The Kier molecular flexibility index (Phi) is 3.60. The molecule has 6 heteroatoms. The zero-order valence-corrected chi connectivity index (χ0v) is 14.9. The first-order valence-corrected chi connectivity index (χ1v) is 8.85. The molecule has 0 bridgehead atoms. The van der Waals surface area contributed by atoms with Crippen molar-refractivity contribution in [2.24, 2.45) is 7.05 Å². The van der Waals surface area contributed by atoms with E-state index in [2.05, 4.69) is 86.5 Å². The summed E-state index contributed by atoms with van der Waals surface area (Å²) in [6, 6.07) is 21.0. The lowest BCUT2D eigenvalue weighted by Crippen LogP contribution is -2.09. The van der Waals surface area contributed by atoms with Crippen LogP contribution in [0.25, 0.3) is 22.2 Å². The molecular formula is C21H18N6. The van der Waals surface area contributed by atoms with Crippen molar-refractivity contribution in [3.63, 3.8) is 0 Å². The van der Waals surface area contributed by atoms with Crippen molar-refractivity contribution in [2.45, 2.75) is 0 Å². The summed E-state index contributed by atoms with van der Waals surface area (Å²) < 4.78 is 1.68. The lowest BCUT2D eigenvalue weighted by molar-refractivity contribution is 0.714. The van der Waals surface area contributed by atoms with Crippen LogP contribution >= 0.6 is 0 Å². The number of nitrogens with zero attached hydrogens (tertiary/aromatic N) is 5. The van der Waals surface area contributed by atoms with Crippen LogP contribution < -0.4 is 10.2 Å². The SMILES string of the molecule is Cn1nnnc1-c1cccc(N2C=CCNc3c2ccc2ccccc32)c1. The molecule has 3 aromatic carbocycles. The van der Waals surface area contributed by atoms with E-state index in [-0.39, 0.29) is 0 Å². The van der Waals surface area contributed by atoms with E-state index in [1.54, 1.807) is 4.68 Å². The number of fused-ring (bicyclic) bond motifs is 3. The van der Waals surface area contributed by atoms with Crippen molar-refractivity contribution in [3.05, 3.63) is 72.9 Å². The molecule has 0 radical (unpaired) electrons. The summed E-state index contributed by atoms with van der Waals surface area (Å²) in [4.78, 5) is 2.20. The van der Waals surface area contributed by atoms with Gasteiger partial charge in [-0.25, -0.2) is 4.68 Å². The van der Waals surface area contributed by atoms with Crippen LogP contribution in [0, 0.1) is 0 Å². The van der Waals surface area contributed by atoms with Gasteiger partial charge in [-0.1, -0.05) is 42.5 Å². The minimum absolute atomic E-state index is 0.743. The molecule has 0 spiro atoms. The first-order chi connectivity index (χ1) is 13.3. The maximum Gasteiger partial charge on any atom is 0.181 e. The molecule has 0 aliphatic carbocycles. The average molecular weight is 354 g/mol. The van der Waals surface area contributed by atoms with Gasteiger partial charge in [0.15, 0.2) is 5.82 Å². The molecule has 0 saturated heterocycles. The van der Waals surface area contributed by atoms with E-state index in [9.17, 15) is 0 Å². The maximum atomic E-state index is 4.13. The highest BCUT2D eigenvalue weighted by Gasteiger charge is 2.17. The zero-order chi connectivity index (χ0) is 18.2. The second-order valence-electron chi connectivity index (χ2n) is 6.49. The molecule has 132 valence electrons. The topological polar surface area (TPSA) is 58.9 Å².